The highest BCUT2D eigenvalue weighted by Gasteiger charge is 2.30. The fourth-order valence-corrected chi connectivity index (χ4v) is 1.88. The second-order valence-electron chi connectivity index (χ2n) is 4.02. The SMILES string of the molecule is CC=CC(=O)N1CC(C(N)=O)CCC1C. The Morgan fingerprint density at radius 2 is 2.07 bits per heavy atom. The van der Waals surface area contributed by atoms with Crippen LogP contribution in [0.4, 0.5) is 0 Å². The third kappa shape index (κ3) is 2.81. The molecule has 0 bridgehead atoms. The summed E-state index contributed by atoms with van der Waals surface area (Å²) in [5.74, 6) is -0.522. The number of allylic oxidation sites excluding steroid dienone is 1. The summed E-state index contributed by atoms with van der Waals surface area (Å²) in [6.07, 6.45) is 4.87. The number of nitrogens with two attached hydrogens (primary N) is 1. The number of rotatable bonds is 2. The maximum Gasteiger partial charge on any atom is 0.246 e. The second kappa shape index (κ2) is 4.96. The summed E-state index contributed by atoms with van der Waals surface area (Å²) in [6.45, 7) is 4.26. The molecule has 0 aromatic rings. The van der Waals surface area contributed by atoms with Crippen molar-refractivity contribution in [2.24, 2.45) is 11.7 Å². The van der Waals surface area contributed by atoms with Crippen LogP contribution < -0.4 is 5.73 Å². The lowest BCUT2D eigenvalue weighted by molar-refractivity contribution is -0.133. The van der Waals surface area contributed by atoms with Crippen LogP contribution in [0, 0.1) is 5.92 Å². The highest BCUT2D eigenvalue weighted by molar-refractivity contribution is 5.88. The molecular formula is C11H18N2O2. The van der Waals surface area contributed by atoms with Crippen molar-refractivity contribution in [3.63, 3.8) is 0 Å². The normalized spacial score (nSPS) is 26.9. The van der Waals surface area contributed by atoms with Gasteiger partial charge in [0.1, 0.15) is 0 Å². The molecule has 2 unspecified atom stereocenters. The zero-order valence-corrected chi connectivity index (χ0v) is 9.27. The van der Waals surface area contributed by atoms with Crippen LogP contribution in [0.15, 0.2) is 12.2 Å². The third-order valence-corrected chi connectivity index (χ3v) is 2.88. The Morgan fingerprint density at radius 3 is 2.60 bits per heavy atom. The first-order valence-electron chi connectivity index (χ1n) is 5.29. The molecule has 4 nitrogen and oxygen atoms in total. The fraction of sp³-hybridized carbons (Fsp3) is 0.636. The number of hydrogen-bond acceptors (Lipinski definition) is 2. The van der Waals surface area contributed by atoms with Gasteiger partial charge in [0, 0.05) is 12.6 Å². The molecule has 2 N–H and O–H groups in total. The van der Waals surface area contributed by atoms with Crippen LogP contribution in [0.5, 0.6) is 0 Å². The van der Waals surface area contributed by atoms with E-state index >= 15 is 0 Å². The van der Waals surface area contributed by atoms with Gasteiger partial charge in [-0.05, 0) is 32.8 Å². The number of carbonyl (C=O) groups excluding carboxylic acids is 2. The van der Waals surface area contributed by atoms with Crippen molar-refractivity contribution in [3.8, 4) is 0 Å². The molecule has 1 rings (SSSR count). The van der Waals surface area contributed by atoms with E-state index in [4.69, 9.17) is 5.73 Å². The van der Waals surface area contributed by atoms with Crippen LogP contribution in [0.3, 0.4) is 0 Å². The molecule has 1 saturated heterocycles. The molecule has 1 aliphatic heterocycles. The predicted molar refractivity (Wildman–Crippen MR) is 57.9 cm³/mol. The summed E-state index contributed by atoms with van der Waals surface area (Å²) in [5, 5.41) is 0. The summed E-state index contributed by atoms with van der Waals surface area (Å²) >= 11 is 0. The number of hydrogen-bond donors (Lipinski definition) is 1. The Labute approximate surface area is 90.1 Å². The van der Waals surface area contributed by atoms with E-state index in [0.29, 0.717) is 6.54 Å². The van der Waals surface area contributed by atoms with Gasteiger partial charge in [-0.15, -0.1) is 0 Å². The van der Waals surface area contributed by atoms with E-state index in [0.717, 1.165) is 12.8 Å². The van der Waals surface area contributed by atoms with Gasteiger partial charge in [0.15, 0.2) is 0 Å². The number of amides is 2. The lowest BCUT2D eigenvalue weighted by Gasteiger charge is -2.36. The molecule has 0 aromatic carbocycles. The summed E-state index contributed by atoms with van der Waals surface area (Å²) in [4.78, 5) is 24.4. The maximum atomic E-state index is 11.7. The van der Waals surface area contributed by atoms with E-state index in [-0.39, 0.29) is 23.8 Å². The number of likely N-dealkylation sites (tertiary alicyclic amines) is 1. The largest absolute Gasteiger partial charge is 0.369 e. The van der Waals surface area contributed by atoms with Crippen LogP contribution in [0.25, 0.3) is 0 Å². The Kier molecular flexibility index (Phi) is 3.88. The molecular weight excluding hydrogens is 192 g/mol. The summed E-state index contributed by atoms with van der Waals surface area (Å²) in [5.41, 5.74) is 5.25. The first-order valence-corrected chi connectivity index (χ1v) is 5.29. The Hall–Kier alpha value is -1.32. The van der Waals surface area contributed by atoms with Crippen molar-refractivity contribution < 1.29 is 9.59 Å². The molecule has 0 aromatic heterocycles. The van der Waals surface area contributed by atoms with E-state index < -0.39 is 0 Å². The number of carbonyl (C=O) groups is 2. The molecule has 4 heteroatoms. The molecule has 15 heavy (non-hydrogen) atoms. The topological polar surface area (TPSA) is 63.4 Å². The zero-order valence-electron chi connectivity index (χ0n) is 9.27. The molecule has 0 radical (unpaired) electrons. The summed E-state index contributed by atoms with van der Waals surface area (Å²) in [6, 6.07) is 0.198. The molecule has 0 saturated carbocycles. The van der Waals surface area contributed by atoms with E-state index in [9.17, 15) is 9.59 Å². The number of piperidine rings is 1. The fourth-order valence-electron chi connectivity index (χ4n) is 1.88. The monoisotopic (exact) mass is 210 g/mol. The van der Waals surface area contributed by atoms with E-state index in [1.54, 1.807) is 17.9 Å². The number of nitrogens with zero attached hydrogens (tertiary/aromatic N) is 1. The zero-order chi connectivity index (χ0) is 11.4. The van der Waals surface area contributed by atoms with Gasteiger partial charge in [0.2, 0.25) is 11.8 Å². The molecule has 0 spiro atoms. The Balaban J connectivity index is 2.69. The van der Waals surface area contributed by atoms with Gasteiger partial charge >= 0.3 is 0 Å². The lowest BCUT2D eigenvalue weighted by Crippen LogP contribution is -2.48. The first kappa shape index (κ1) is 11.8. The minimum atomic E-state index is -0.305. The van der Waals surface area contributed by atoms with E-state index in [1.807, 2.05) is 6.92 Å². The number of primary amides is 1. The Morgan fingerprint density at radius 1 is 1.40 bits per heavy atom. The van der Waals surface area contributed by atoms with Crippen molar-refractivity contribution in [1.82, 2.24) is 4.90 Å². The van der Waals surface area contributed by atoms with Gasteiger partial charge in [-0.25, -0.2) is 0 Å². The Bertz CT molecular complexity index is 286. The van der Waals surface area contributed by atoms with Crippen molar-refractivity contribution in [3.05, 3.63) is 12.2 Å². The highest BCUT2D eigenvalue weighted by atomic mass is 16.2. The maximum absolute atomic E-state index is 11.7. The average molecular weight is 210 g/mol. The van der Waals surface area contributed by atoms with Crippen molar-refractivity contribution in [2.75, 3.05) is 6.54 Å². The molecule has 1 heterocycles. The van der Waals surface area contributed by atoms with Gasteiger partial charge in [-0.2, -0.15) is 0 Å². The minimum absolute atomic E-state index is 0.0315. The quantitative estimate of drug-likeness (QED) is 0.681. The van der Waals surface area contributed by atoms with Crippen molar-refractivity contribution >= 4 is 11.8 Å². The van der Waals surface area contributed by atoms with Crippen molar-refractivity contribution in [2.45, 2.75) is 32.7 Å². The first-order chi connectivity index (χ1) is 7.06. The smallest absolute Gasteiger partial charge is 0.246 e. The van der Waals surface area contributed by atoms with Crippen LogP contribution >= 0.6 is 0 Å². The molecule has 1 aliphatic rings. The van der Waals surface area contributed by atoms with Crippen LogP contribution in [-0.2, 0) is 9.59 Å². The summed E-state index contributed by atoms with van der Waals surface area (Å²) in [7, 11) is 0. The van der Waals surface area contributed by atoms with Gasteiger partial charge in [-0.1, -0.05) is 6.08 Å². The van der Waals surface area contributed by atoms with Crippen molar-refractivity contribution in [1.29, 1.82) is 0 Å². The van der Waals surface area contributed by atoms with E-state index in [2.05, 4.69) is 0 Å². The molecule has 2 amide bonds. The van der Waals surface area contributed by atoms with Gasteiger partial charge < -0.3 is 10.6 Å². The van der Waals surface area contributed by atoms with Gasteiger partial charge in [0.05, 0.1) is 5.92 Å². The van der Waals surface area contributed by atoms with Crippen LogP contribution in [0.2, 0.25) is 0 Å². The molecule has 1 fully saturated rings. The second-order valence-corrected chi connectivity index (χ2v) is 4.02. The third-order valence-electron chi connectivity index (χ3n) is 2.88. The van der Waals surface area contributed by atoms with Crippen LogP contribution in [-0.4, -0.2) is 29.3 Å². The standard InChI is InChI=1S/C11H18N2O2/c1-3-4-10(14)13-7-9(11(12)15)6-5-8(13)2/h3-4,8-9H,5-7H2,1-2H3,(H2,12,15). The van der Waals surface area contributed by atoms with E-state index in [1.165, 1.54) is 6.08 Å². The van der Waals surface area contributed by atoms with Gasteiger partial charge in [-0.3, -0.25) is 9.59 Å². The molecule has 0 aliphatic carbocycles. The minimum Gasteiger partial charge on any atom is -0.369 e. The lowest BCUT2D eigenvalue weighted by atomic mass is 9.93. The van der Waals surface area contributed by atoms with Crippen LogP contribution in [0.1, 0.15) is 26.7 Å². The predicted octanol–water partition coefficient (Wildman–Crippen LogP) is 0.675. The summed E-state index contributed by atoms with van der Waals surface area (Å²) < 4.78 is 0. The average Bonchev–Trinajstić information content (AvgIpc) is 2.18. The molecule has 2 atom stereocenters. The molecule has 84 valence electrons. The highest BCUT2D eigenvalue weighted by Crippen LogP contribution is 2.21. The van der Waals surface area contributed by atoms with Gasteiger partial charge in [0.25, 0.3) is 0 Å².